The van der Waals surface area contributed by atoms with Crippen LogP contribution in [0.25, 0.3) is 10.9 Å². The molecule has 0 atom stereocenters. The SMILES string of the molecule is Ic1ccc2c(cnn2C2CCNCC2)c1. The van der Waals surface area contributed by atoms with Gasteiger partial charge >= 0.3 is 0 Å². The Morgan fingerprint density at radius 2 is 2.12 bits per heavy atom. The van der Waals surface area contributed by atoms with Crippen molar-refractivity contribution in [2.45, 2.75) is 18.9 Å². The molecular weight excluding hydrogens is 313 g/mol. The largest absolute Gasteiger partial charge is 0.317 e. The summed E-state index contributed by atoms with van der Waals surface area (Å²) in [7, 11) is 0. The Bertz CT molecular complexity index is 500. The molecule has 2 heterocycles. The summed E-state index contributed by atoms with van der Waals surface area (Å²) in [5.74, 6) is 0. The van der Waals surface area contributed by atoms with Crippen molar-refractivity contribution in [3.63, 3.8) is 0 Å². The fourth-order valence-electron chi connectivity index (χ4n) is 2.37. The number of rotatable bonds is 1. The van der Waals surface area contributed by atoms with E-state index in [4.69, 9.17) is 0 Å². The van der Waals surface area contributed by atoms with Crippen LogP contribution in [0.3, 0.4) is 0 Å². The third-order valence-corrected chi connectivity index (χ3v) is 3.88. The Hall–Kier alpha value is -0.620. The van der Waals surface area contributed by atoms with Crippen molar-refractivity contribution in [3.05, 3.63) is 28.0 Å². The maximum absolute atomic E-state index is 4.55. The topological polar surface area (TPSA) is 29.9 Å². The smallest absolute Gasteiger partial charge is 0.0686 e. The van der Waals surface area contributed by atoms with Crippen molar-refractivity contribution in [2.24, 2.45) is 0 Å². The molecular formula is C12H14IN3. The average Bonchev–Trinajstić information content (AvgIpc) is 2.73. The lowest BCUT2D eigenvalue weighted by molar-refractivity contribution is 0.351. The van der Waals surface area contributed by atoms with Gasteiger partial charge in [-0.2, -0.15) is 5.10 Å². The second-order valence-electron chi connectivity index (χ2n) is 4.27. The molecule has 1 aromatic carbocycles. The second kappa shape index (κ2) is 4.33. The summed E-state index contributed by atoms with van der Waals surface area (Å²) in [6.45, 7) is 2.22. The molecule has 0 radical (unpaired) electrons. The van der Waals surface area contributed by atoms with Gasteiger partial charge < -0.3 is 5.32 Å². The molecule has 1 N–H and O–H groups in total. The van der Waals surface area contributed by atoms with Crippen LogP contribution in [0.4, 0.5) is 0 Å². The highest BCUT2D eigenvalue weighted by Crippen LogP contribution is 2.24. The standard InChI is InChI=1S/C12H14IN3/c13-10-1-2-12-9(7-10)8-15-16(12)11-3-5-14-6-4-11/h1-2,7-8,11,14H,3-6H2. The third-order valence-electron chi connectivity index (χ3n) is 3.21. The Morgan fingerprint density at radius 1 is 1.31 bits per heavy atom. The van der Waals surface area contributed by atoms with E-state index in [0.29, 0.717) is 6.04 Å². The zero-order chi connectivity index (χ0) is 11.0. The summed E-state index contributed by atoms with van der Waals surface area (Å²) in [6, 6.07) is 7.10. The van der Waals surface area contributed by atoms with Crippen molar-refractivity contribution >= 4 is 33.5 Å². The number of halogens is 1. The van der Waals surface area contributed by atoms with Gasteiger partial charge in [-0.15, -0.1) is 0 Å². The van der Waals surface area contributed by atoms with Crippen molar-refractivity contribution in [1.82, 2.24) is 15.1 Å². The van der Waals surface area contributed by atoms with E-state index in [1.165, 1.54) is 27.3 Å². The fourth-order valence-corrected chi connectivity index (χ4v) is 2.88. The summed E-state index contributed by atoms with van der Waals surface area (Å²) in [5, 5.41) is 9.19. The molecule has 0 spiro atoms. The highest BCUT2D eigenvalue weighted by atomic mass is 127. The summed E-state index contributed by atoms with van der Waals surface area (Å²) < 4.78 is 3.47. The Balaban J connectivity index is 2.03. The molecule has 4 heteroatoms. The Kier molecular flexibility index (Phi) is 2.85. The summed E-state index contributed by atoms with van der Waals surface area (Å²) >= 11 is 2.34. The quantitative estimate of drug-likeness (QED) is 0.816. The third kappa shape index (κ3) is 1.84. The molecule has 0 bridgehead atoms. The molecule has 3 nitrogen and oxygen atoms in total. The number of hydrogen-bond acceptors (Lipinski definition) is 2. The molecule has 1 aliphatic heterocycles. The number of aromatic nitrogens is 2. The summed E-state index contributed by atoms with van der Waals surface area (Å²) in [6.07, 6.45) is 4.35. The zero-order valence-corrected chi connectivity index (χ0v) is 11.1. The van der Waals surface area contributed by atoms with Crippen molar-refractivity contribution in [1.29, 1.82) is 0 Å². The van der Waals surface area contributed by atoms with Gasteiger partial charge in [-0.1, -0.05) is 0 Å². The minimum atomic E-state index is 0.568. The predicted molar refractivity (Wildman–Crippen MR) is 73.6 cm³/mol. The molecule has 0 unspecified atom stereocenters. The van der Waals surface area contributed by atoms with Gasteiger partial charge in [0.05, 0.1) is 17.8 Å². The molecule has 1 aromatic heterocycles. The number of hydrogen-bond donors (Lipinski definition) is 1. The van der Waals surface area contributed by atoms with E-state index in [9.17, 15) is 0 Å². The van der Waals surface area contributed by atoms with Gasteiger partial charge in [-0.05, 0) is 66.7 Å². The van der Waals surface area contributed by atoms with Crippen LogP contribution >= 0.6 is 22.6 Å². The molecule has 1 fully saturated rings. The van der Waals surface area contributed by atoms with Gasteiger partial charge in [-0.3, -0.25) is 4.68 Å². The lowest BCUT2D eigenvalue weighted by Crippen LogP contribution is -2.29. The molecule has 0 amide bonds. The van der Waals surface area contributed by atoms with Crippen LogP contribution in [0, 0.1) is 3.57 Å². The van der Waals surface area contributed by atoms with Gasteiger partial charge in [0.15, 0.2) is 0 Å². The number of piperidine rings is 1. The van der Waals surface area contributed by atoms with Crippen molar-refractivity contribution < 1.29 is 0 Å². The molecule has 0 saturated carbocycles. The molecule has 16 heavy (non-hydrogen) atoms. The molecule has 84 valence electrons. The van der Waals surface area contributed by atoms with Crippen LogP contribution in [0.2, 0.25) is 0 Å². The second-order valence-corrected chi connectivity index (χ2v) is 5.52. The van der Waals surface area contributed by atoms with Gasteiger partial charge in [-0.25, -0.2) is 0 Å². The molecule has 1 saturated heterocycles. The Labute approximate surface area is 108 Å². The van der Waals surface area contributed by atoms with Crippen LogP contribution < -0.4 is 5.32 Å². The van der Waals surface area contributed by atoms with Gasteiger partial charge in [0.25, 0.3) is 0 Å². The number of benzene rings is 1. The average molecular weight is 327 g/mol. The van der Waals surface area contributed by atoms with Crippen LogP contribution in [0.15, 0.2) is 24.4 Å². The first-order chi connectivity index (χ1) is 7.84. The predicted octanol–water partition coefficient (Wildman–Crippen LogP) is 2.57. The minimum Gasteiger partial charge on any atom is -0.317 e. The van der Waals surface area contributed by atoms with Crippen LogP contribution in [0.5, 0.6) is 0 Å². The van der Waals surface area contributed by atoms with E-state index in [1.54, 1.807) is 0 Å². The van der Waals surface area contributed by atoms with E-state index in [-0.39, 0.29) is 0 Å². The monoisotopic (exact) mass is 327 g/mol. The first kappa shape index (κ1) is 10.5. The molecule has 0 aliphatic carbocycles. The number of nitrogens with zero attached hydrogens (tertiary/aromatic N) is 2. The lowest BCUT2D eigenvalue weighted by Gasteiger charge is -2.23. The highest BCUT2D eigenvalue weighted by Gasteiger charge is 2.17. The van der Waals surface area contributed by atoms with E-state index in [0.717, 1.165) is 13.1 Å². The maximum atomic E-state index is 4.55. The normalized spacial score (nSPS) is 18.1. The Morgan fingerprint density at radius 3 is 2.94 bits per heavy atom. The maximum Gasteiger partial charge on any atom is 0.0686 e. The van der Waals surface area contributed by atoms with E-state index in [1.807, 2.05) is 6.20 Å². The number of fused-ring (bicyclic) bond motifs is 1. The van der Waals surface area contributed by atoms with Crippen LogP contribution in [-0.4, -0.2) is 22.9 Å². The molecule has 1 aliphatic rings. The van der Waals surface area contributed by atoms with Gasteiger partial charge in [0.2, 0.25) is 0 Å². The highest BCUT2D eigenvalue weighted by molar-refractivity contribution is 14.1. The van der Waals surface area contributed by atoms with E-state index >= 15 is 0 Å². The van der Waals surface area contributed by atoms with E-state index < -0.39 is 0 Å². The summed E-state index contributed by atoms with van der Waals surface area (Å²) in [5.41, 5.74) is 1.27. The van der Waals surface area contributed by atoms with Crippen LogP contribution in [-0.2, 0) is 0 Å². The zero-order valence-electron chi connectivity index (χ0n) is 8.99. The first-order valence-corrected chi connectivity index (χ1v) is 6.76. The fraction of sp³-hybridized carbons (Fsp3) is 0.417. The van der Waals surface area contributed by atoms with Crippen molar-refractivity contribution in [3.8, 4) is 0 Å². The lowest BCUT2D eigenvalue weighted by atomic mass is 10.1. The van der Waals surface area contributed by atoms with E-state index in [2.05, 4.69) is 55.9 Å². The van der Waals surface area contributed by atoms with Gasteiger partial charge in [0.1, 0.15) is 0 Å². The van der Waals surface area contributed by atoms with Gasteiger partial charge in [0, 0.05) is 8.96 Å². The number of nitrogens with one attached hydrogen (secondary N) is 1. The summed E-state index contributed by atoms with van der Waals surface area (Å²) in [4.78, 5) is 0. The first-order valence-electron chi connectivity index (χ1n) is 5.68. The minimum absolute atomic E-state index is 0.568. The molecule has 3 rings (SSSR count). The van der Waals surface area contributed by atoms with Crippen molar-refractivity contribution in [2.75, 3.05) is 13.1 Å². The van der Waals surface area contributed by atoms with Crippen LogP contribution in [0.1, 0.15) is 18.9 Å². The molecule has 2 aromatic rings.